The summed E-state index contributed by atoms with van der Waals surface area (Å²) in [5.41, 5.74) is -0.176. The molecule has 1 amide bonds. The lowest BCUT2D eigenvalue weighted by molar-refractivity contribution is -0.139. The van der Waals surface area contributed by atoms with Gasteiger partial charge in [0.15, 0.2) is 6.61 Å². The average molecular weight is 309 g/mol. The second kappa shape index (κ2) is 5.93. The van der Waals surface area contributed by atoms with Crippen molar-refractivity contribution in [1.29, 1.82) is 0 Å². The molecular weight excluding hydrogens is 292 g/mol. The van der Waals surface area contributed by atoms with Gasteiger partial charge in [-0.1, -0.05) is 22.8 Å². The van der Waals surface area contributed by atoms with E-state index in [1.807, 2.05) is 4.90 Å². The molecule has 0 radical (unpaired) electrons. The predicted molar refractivity (Wildman–Crippen MR) is 79.7 cm³/mol. The number of rotatable bonds is 3. The number of carbonyl (C=O) groups is 1. The summed E-state index contributed by atoms with van der Waals surface area (Å²) < 4.78 is 5.49. The first-order valence-electron chi connectivity index (χ1n) is 7.03. The van der Waals surface area contributed by atoms with E-state index in [1.54, 1.807) is 30.5 Å². The van der Waals surface area contributed by atoms with Gasteiger partial charge >= 0.3 is 0 Å². The molecule has 0 atom stereocenters. The predicted octanol–water partition coefficient (Wildman–Crippen LogP) is 2.49. The van der Waals surface area contributed by atoms with Crippen LogP contribution in [0.3, 0.4) is 0 Å². The molecule has 0 saturated carbocycles. The molecular formula is C15H17ClN2O3. The van der Waals surface area contributed by atoms with E-state index in [0.717, 1.165) is 19.3 Å². The van der Waals surface area contributed by atoms with Crippen LogP contribution in [0.1, 0.15) is 19.3 Å². The normalized spacial score (nSPS) is 19.6. The third kappa shape index (κ3) is 3.29. The molecule has 2 heterocycles. The SMILES string of the molecule is O=C(COc1cccc(Cl)c1)N1CCC2(CC=NO2)CC1. The summed E-state index contributed by atoms with van der Waals surface area (Å²) in [6.07, 6.45) is 4.28. The Balaban J connectivity index is 1.48. The second-order valence-electron chi connectivity index (χ2n) is 5.39. The zero-order valence-corrected chi connectivity index (χ0v) is 12.4. The molecule has 1 spiro atoms. The van der Waals surface area contributed by atoms with Crippen LogP contribution >= 0.6 is 11.6 Å². The summed E-state index contributed by atoms with van der Waals surface area (Å²) in [6, 6.07) is 7.05. The van der Waals surface area contributed by atoms with Crippen LogP contribution in [0.25, 0.3) is 0 Å². The molecule has 0 aliphatic carbocycles. The van der Waals surface area contributed by atoms with Crippen LogP contribution in [0.2, 0.25) is 5.02 Å². The maximum atomic E-state index is 12.2. The molecule has 2 aliphatic heterocycles. The van der Waals surface area contributed by atoms with E-state index in [9.17, 15) is 4.79 Å². The molecule has 1 fully saturated rings. The minimum absolute atomic E-state index is 0.0104. The van der Waals surface area contributed by atoms with E-state index < -0.39 is 0 Å². The van der Waals surface area contributed by atoms with Gasteiger partial charge in [-0.15, -0.1) is 0 Å². The van der Waals surface area contributed by atoms with Crippen molar-refractivity contribution < 1.29 is 14.4 Å². The Bertz CT molecular complexity index is 544. The summed E-state index contributed by atoms with van der Waals surface area (Å²) in [4.78, 5) is 19.4. The maximum Gasteiger partial charge on any atom is 0.260 e. The van der Waals surface area contributed by atoms with Gasteiger partial charge < -0.3 is 14.5 Å². The number of hydrogen-bond donors (Lipinski definition) is 0. The van der Waals surface area contributed by atoms with Crippen LogP contribution in [-0.2, 0) is 9.63 Å². The standard InChI is InChI=1S/C15H17ClN2O3/c16-12-2-1-3-13(10-12)20-11-14(19)18-8-5-15(6-9-18)4-7-17-21-15/h1-3,7,10H,4-6,8-9,11H2. The average Bonchev–Trinajstić information content (AvgIpc) is 2.94. The summed E-state index contributed by atoms with van der Waals surface area (Å²) in [7, 11) is 0. The number of carbonyl (C=O) groups excluding carboxylic acids is 1. The Morgan fingerprint density at radius 3 is 2.90 bits per heavy atom. The molecule has 2 aliphatic rings. The fourth-order valence-corrected chi connectivity index (χ4v) is 2.82. The first-order valence-corrected chi connectivity index (χ1v) is 7.41. The Hall–Kier alpha value is -1.75. The van der Waals surface area contributed by atoms with Crippen LogP contribution in [0, 0.1) is 0 Å². The summed E-state index contributed by atoms with van der Waals surface area (Å²) >= 11 is 5.88. The van der Waals surface area contributed by atoms with Gasteiger partial charge in [-0.05, 0) is 18.2 Å². The number of oxime groups is 1. The number of piperidine rings is 1. The van der Waals surface area contributed by atoms with Crippen molar-refractivity contribution in [3.05, 3.63) is 29.3 Å². The minimum atomic E-state index is -0.176. The van der Waals surface area contributed by atoms with Crippen molar-refractivity contribution in [2.75, 3.05) is 19.7 Å². The second-order valence-corrected chi connectivity index (χ2v) is 5.83. The highest BCUT2D eigenvalue weighted by Gasteiger charge is 2.39. The van der Waals surface area contributed by atoms with Gasteiger partial charge in [-0.3, -0.25) is 4.79 Å². The van der Waals surface area contributed by atoms with Gasteiger partial charge in [0.1, 0.15) is 11.4 Å². The van der Waals surface area contributed by atoms with Crippen molar-refractivity contribution >= 4 is 23.7 Å². The Morgan fingerprint density at radius 2 is 2.24 bits per heavy atom. The quantitative estimate of drug-likeness (QED) is 0.862. The Morgan fingerprint density at radius 1 is 1.43 bits per heavy atom. The lowest BCUT2D eigenvalue weighted by Crippen LogP contribution is -2.47. The fraction of sp³-hybridized carbons (Fsp3) is 0.467. The van der Waals surface area contributed by atoms with Crippen LogP contribution in [0.4, 0.5) is 0 Å². The zero-order valence-electron chi connectivity index (χ0n) is 11.6. The number of benzene rings is 1. The van der Waals surface area contributed by atoms with E-state index in [0.29, 0.717) is 23.9 Å². The fourth-order valence-electron chi connectivity index (χ4n) is 2.64. The number of halogens is 1. The molecule has 1 saturated heterocycles. The summed E-state index contributed by atoms with van der Waals surface area (Å²) in [6.45, 7) is 1.40. The van der Waals surface area contributed by atoms with E-state index >= 15 is 0 Å². The van der Waals surface area contributed by atoms with Crippen LogP contribution in [0.5, 0.6) is 5.75 Å². The van der Waals surface area contributed by atoms with Crippen LogP contribution in [-0.4, -0.2) is 42.3 Å². The molecule has 5 nitrogen and oxygen atoms in total. The van der Waals surface area contributed by atoms with Crippen molar-refractivity contribution in [3.8, 4) is 5.75 Å². The highest BCUT2D eigenvalue weighted by molar-refractivity contribution is 6.30. The lowest BCUT2D eigenvalue weighted by Gasteiger charge is -2.37. The largest absolute Gasteiger partial charge is 0.484 e. The molecule has 0 N–H and O–H groups in total. The highest BCUT2D eigenvalue weighted by Crippen LogP contribution is 2.32. The summed E-state index contributed by atoms with van der Waals surface area (Å²) in [5, 5.41) is 4.44. The number of nitrogens with zero attached hydrogens (tertiary/aromatic N) is 2. The molecule has 112 valence electrons. The zero-order chi connectivity index (χ0) is 14.7. The monoisotopic (exact) mass is 308 g/mol. The number of ether oxygens (including phenoxy) is 1. The Kier molecular flexibility index (Phi) is 4.01. The van der Waals surface area contributed by atoms with Crippen LogP contribution < -0.4 is 4.74 Å². The van der Waals surface area contributed by atoms with Crippen molar-refractivity contribution in [3.63, 3.8) is 0 Å². The van der Waals surface area contributed by atoms with Crippen LogP contribution in [0.15, 0.2) is 29.4 Å². The number of hydrogen-bond acceptors (Lipinski definition) is 4. The Labute approximate surface area is 128 Å². The van der Waals surface area contributed by atoms with Gasteiger partial charge in [-0.25, -0.2) is 0 Å². The molecule has 1 aromatic rings. The molecule has 21 heavy (non-hydrogen) atoms. The molecule has 0 unspecified atom stereocenters. The molecule has 6 heteroatoms. The third-order valence-electron chi connectivity index (χ3n) is 3.97. The summed E-state index contributed by atoms with van der Waals surface area (Å²) in [5.74, 6) is 0.598. The van der Waals surface area contributed by atoms with Gasteiger partial charge in [-0.2, -0.15) is 0 Å². The van der Waals surface area contributed by atoms with Gasteiger partial charge in [0.2, 0.25) is 0 Å². The van der Waals surface area contributed by atoms with Gasteiger partial charge in [0.05, 0.1) is 0 Å². The van der Waals surface area contributed by atoms with E-state index in [4.69, 9.17) is 21.2 Å². The van der Waals surface area contributed by atoms with E-state index in [1.165, 1.54) is 0 Å². The van der Waals surface area contributed by atoms with E-state index in [2.05, 4.69) is 5.16 Å². The lowest BCUT2D eigenvalue weighted by atomic mass is 9.89. The highest BCUT2D eigenvalue weighted by atomic mass is 35.5. The molecule has 3 rings (SSSR count). The topological polar surface area (TPSA) is 51.1 Å². The first kappa shape index (κ1) is 14.2. The van der Waals surface area contributed by atoms with Crippen molar-refractivity contribution in [2.45, 2.75) is 24.9 Å². The van der Waals surface area contributed by atoms with E-state index in [-0.39, 0.29) is 18.1 Å². The third-order valence-corrected chi connectivity index (χ3v) is 4.21. The maximum absolute atomic E-state index is 12.2. The number of likely N-dealkylation sites (tertiary alicyclic amines) is 1. The van der Waals surface area contributed by atoms with Gasteiger partial charge in [0, 0.05) is 43.6 Å². The van der Waals surface area contributed by atoms with Crippen molar-refractivity contribution in [1.82, 2.24) is 4.90 Å². The molecule has 1 aromatic carbocycles. The van der Waals surface area contributed by atoms with Crippen molar-refractivity contribution in [2.24, 2.45) is 5.16 Å². The molecule has 0 aromatic heterocycles. The number of amides is 1. The first-order chi connectivity index (χ1) is 10.2. The van der Waals surface area contributed by atoms with Gasteiger partial charge in [0.25, 0.3) is 5.91 Å². The smallest absolute Gasteiger partial charge is 0.260 e. The molecule has 0 bridgehead atoms. The minimum Gasteiger partial charge on any atom is -0.484 e.